The van der Waals surface area contributed by atoms with Gasteiger partial charge in [0.2, 0.25) is 5.62 Å². The molecule has 0 fully saturated rings. The van der Waals surface area contributed by atoms with Crippen molar-refractivity contribution >= 4 is 15.9 Å². The van der Waals surface area contributed by atoms with E-state index in [-0.39, 0.29) is 0 Å². The first-order valence-electron chi connectivity index (χ1n) is 7.32. The van der Waals surface area contributed by atoms with Crippen molar-refractivity contribution in [2.24, 2.45) is 19.1 Å². The number of halogens is 1. The molecule has 1 aliphatic carbocycles. The Balaban J connectivity index is 2.42. The molecule has 0 bridgehead atoms. The summed E-state index contributed by atoms with van der Waals surface area (Å²) < 4.78 is 5.55. The van der Waals surface area contributed by atoms with Gasteiger partial charge in [-0.15, -0.1) is 0 Å². The van der Waals surface area contributed by atoms with Gasteiger partial charge in [0.1, 0.15) is 0 Å². The fraction of sp³-hybridized carbons (Fsp3) is 0.562. The zero-order chi connectivity index (χ0) is 14.7. The molecule has 2 unspecified atom stereocenters. The monoisotopic (exact) mass is 337 g/mol. The highest BCUT2D eigenvalue weighted by Crippen LogP contribution is 2.28. The minimum Gasteiger partial charge on any atom is -0.320 e. The molecule has 0 spiro atoms. The number of imidazole rings is 1. The number of hydrogen-bond donors (Lipinski definition) is 0. The van der Waals surface area contributed by atoms with Crippen molar-refractivity contribution < 1.29 is 0 Å². The number of rotatable bonds is 3. The van der Waals surface area contributed by atoms with Crippen molar-refractivity contribution in [3.8, 4) is 0 Å². The van der Waals surface area contributed by atoms with Crippen LogP contribution in [0.4, 0.5) is 0 Å². The van der Waals surface area contributed by atoms with Crippen molar-refractivity contribution in [1.82, 2.24) is 9.13 Å². The lowest BCUT2D eigenvalue weighted by Crippen LogP contribution is -2.25. The molecule has 1 aliphatic rings. The van der Waals surface area contributed by atoms with Crippen LogP contribution in [0.1, 0.15) is 44.7 Å². The van der Waals surface area contributed by atoms with Gasteiger partial charge in [0.05, 0.1) is 6.04 Å². The lowest BCUT2D eigenvalue weighted by molar-refractivity contribution is 0.617. The minimum absolute atomic E-state index is 0.362. The molecule has 1 heterocycles. The maximum atomic E-state index is 4.81. The third-order valence-electron chi connectivity index (χ3n) is 3.92. The maximum absolute atomic E-state index is 4.81. The lowest BCUT2D eigenvalue weighted by Gasteiger charge is -2.12. The second kappa shape index (κ2) is 6.61. The van der Waals surface area contributed by atoms with E-state index in [2.05, 4.69) is 77.4 Å². The Morgan fingerprint density at radius 1 is 1.45 bits per heavy atom. The van der Waals surface area contributed by atoms with Gasteiger partial charge in [-0.05, 0) is 26.2 Å². The zero-order valence-electron chi connectivity index (χ0n) is 12.8. The Bertz CT molecular complexity index is 589. The van der Waals surface area contributed by atoms with Crippen molar-refractivity contribution in [3.63, 3.8) is 0 Å². The Kier molecular flexibility index (Phi) is 5.08. The first kappa shape index (κ1) is 15.4. The number of aromatic nitrogens is 2. The van der Waals surface area contributed by atoms with E-state index >= 15 is 0 Å². The number of aryl methyl sites for hydroxylation is 1. The lowest BCUT2D eigenvalue weighted by atomic mass is 10.0. The largest absolute Gasteiger partial charge is 0.320 e. The first-order chi connectivity index (χ1) is 9.52. The Morgan fingerprint density at radius 2 is 2.20 bits per heavy atom. The van der Waals surface area contributed by atoms with Gasteiger partial charge in [0, 0.05) is 36.4 Å². The SMILES string of the molecule is CCC(C)N=c1n(C)cc(C2C=C(Br)C=CCC2)n1C. The molecule has 1 aromatic heterocycles. The fourth-order valence-corrected chi connectivity index (χ4v) is 3.05. The molecule has 0 aliphatic heterocycles. The molecule has 0 radical (unpaired) electrons. The minimum atomic E-state index is 0.362. The average Bonchev–Trinajstić information content (AvgIpc) is 2.60. The summed E-state index contributed by atoms with van der Waals surface area (Å²) in [7, 11) is 4.20. The van der Waals surface area contributed by atoms with Gasteiger partial charge >= 0.3 is 0 Å². The van der Waals surface area contributed by atoms with Crippen LogP contribution in [0.3, 0.4) is 0 Å². The molecule has 20 heavy (non-hydrogen) atoms. The van der Waals surface area contributed by atoms with E-state index in [4.69, 9.17) is 4.99 Å². The smallest absolute Gasteiger partial charge is 0.204 e. The molecule has 2 rings (SSSR count). The molecule has 2 atom stereocenters. The standard InChI is InChI=1S/C16H24BrN3/c1-5-12(2)18-16-19(3)11-15(20(16)4)13-8-6-7-9-14(17)10-13/h7,9-13H,5-6,8H2,1-4H3. The summed E-state index contributed by atoms with van der Waals surface area (Å²) in [6.07, 6.45) is 12.2. The highest BCUT2D eigenvalue weighted by atomic mass is 79.9. The highest BCUT2D eigenvalue weighted by Gasteiger charge is 2.16. The fourth-order valence-electron chi connectivity index (χ4n) is 2.54. The van der Waals surface area contributed by atoms with E-state index in [0.29, 0.717) is 12.0 Å². The van der Waals surface area contributed by atoms with Crippen LogP contribution < -0.4 is 5.62 Å². The molecule has 110 valence electrons. The van der Waals surface area contributed by atoms with Crippen molar-refractivity contribution in [2.75, 3.05) is 0 Å². The van der Waals surface area contributed by atoms with Crippen LogP contribution in [0.25, 0.3) is 0 Å². The summed E-state index contributed by atoms with van der Waals surface area (Å²) in [5.74, 6) is 0.441. The number of nitrogens with zero attached hydrogens (tertiary/aromatic N) is 3. The van der Waals surface area contributed by atoms with Gasteiger partial charge in [-0.3, -0.25) is 0 Å². The highest BCUT2D eigenvalue weighted by molar-refractivity contribution is 9.11. The Labute approximate surface area is 129 Å². The molecular weight excluding hydrogens is 314 g/mol. The van der Waals surface area contributed by atoms with Crippen LogP contribution in [-0.2, 0) is 14.1 Å². The second-order valence-electron chi connectivity index (χ2n) is 5.55. The predicted molar refractivity (Wildman–Crippen MR) is 87.8 cm³/mol. The topological polar surface area (TPSA) is 22.2 Å². The Morgan fingerprint density at radius 3 is 2.90 bits per heavy atom. The van der Waals surface area contributed by atoms with Crippen LogP contribution >= 0.6 is 15.9 Å². The van der Waals surface area contributed by atoms with Crippen LogP contribution in [0.15, 0.2) is 33.9 Å². The summed E-state index contributed by atoms with van der Waals surface area (Å²) in [6, 6.07) is 0.362. The van der Waals surface area contributed by atoms with Crippen molar-refractivity contribution in [2.45, 2.75) is 45.1 Å². The first-order valence-corrected chi connectivity index (χ1v) is 8.12. The third-order valence-corrected chi connectivity index (χ3v) is 4.45. The van der Waals surface area contributed by atoms with E-state index in [9.17, 15) is 0 Å². The quantitative estimate of drug-likeness (QED) is 0.800. The molecule has 0 N–H and O–H groups in total. The summed E-state index contributed by atoms with van der Waals surface area (Å²) in [4.78, 5) is 4.81. The number of allylic oxidation sites excluding steroid dienone is 4. The van der Waals surface area contributed by atoms with E-state index in [1.54, 1.807) is 0 Å². The molecule has 4 heteroatoms. The van der Waals surface area contributed by atoms with E-state index < -0.39 is 0 Å². The van der Waals surface area contributed by atoms with Crippen LogP contribution in [0.2, 0.25) is 0 Å². The van der Waals surface area contributed by atoms with Gasteiger partial charge in [0.15, 0.2) is 0 Å². The Hall–Kier alpha value is -1.03. The summed E-state index contributed by atoms with van der Waals surface area (Å²) in [5, 5.41) is 0. The number of hydrogen-bond acceptors (Lipinski definition) is 1. The normalized spacial score (nSPS) is 21.8. The van der Waals surface area contributed by atoms with Crippen LogP contribution in [-0.4, -0.2) is 15.2 Å². The van der Waals surface area contributed by atoms with Gasteiger partial charge < -0.3 is 9.13 Å². The van der Waals surface area contributed by atoms with Crippen LogP contribution in [0, 0.1) is 0 Å². The van der Waals surface area contributed by atoms with Crippen LogP contribution in [0.5, 0.6) is 0 Å². The van der Waals surface area contributed by atoms with E-state index in [1.165, 1.54) is 10.2 Å². The summed E-state index contributed by atoms with van der Waals surface area (Å²) >= 11 is 3.61. The molecule has 3 nitrogen and oxygen atoms in total. The summed E-state index contributed by atoms with van der Waals surface area (Å²) in [6.45, 7) is 4.34. The molecule has 0 saturated heterocycles. The summed E-state index contributed by atoms with van der Waals surface area (Å²) in [5.41, 5.74) is 2.38. The molecular formula is C16H24BrN3. The second-order valence-corrected chi connectivity index (χ2v) is 6.46. The predicted octanol–water partition coefficient (Wildman–Crippen LogP) is 3.78. The van der Waals surface area contributed by atoms with E-state index in [1.807, 2.05) is 0 Å². The molecule has 0 aromatic carbocycles. The molecule has 0 saturated carbocycles. The average molecular weight is 338 g/mol. The van der Waals surface area contributed by atoms with Gasteiger partial charge in [-0.2, -0.15) is 0 Å². The van der Waals surface area contributed by atoms with E-state index in [0.717, 1.165) is 24.9 Å². The third kappa shape index (κ3) is 3.35. The maximum Gasteiger partial charge on any atom is 0.204 e. The van der Waals surface area contributed by atoms with Gasteiger partial charge in [-0.25, -0.2) is 4.99 Å². The van der Waals surface area contributed by atoms with Gasteiger partial charge in [0.25, 0.3) is 0 Å². The van der Waals surface area contributed by atoms with Gasteiger partial charge in [-0.1, -0.05) is 41.1 Å². The van der Waals surface area contributed by atoms with Crippen molar-refractivity contribution in [1.29, 1.82) is 0 Å². The molecule has 0 amide bonds. The van der Waals surface area contributed by atoms with Crippen molar-refractivity contribution in [3.05, 3.63) is 40.2 Å². The molecule has 1 aromatic rings. The zero-order valence-corrected chi connectivity index (χ0v) is 14.4.